The minimum atomic E-state index is -0.622. The van der Waals surface area contributed by atoms with Crippen molar-refractivity contribution in [2.75, 3.05) is 13.2 Å². The van der Waals surface area contributed by atoms with Crippen molar-refractivity contribution in [3.05, 3.63) is 67.5 Å². The first kappa shape index (κ1) is 20.2. The zero-order valence-electron chi connectivity index (χ0n) is 15.3. The van der Waals surface area contributed by atoms with Crippen LogP contribution in [0.3, 0.4) is 0 Å². The summed E-state index contributed by atoms with van der Waals surface area (Å²) in [5, 5.41) is 11.1. The van der Waals surface area contributed by atoms with Crippen molar-refractivity contribution in [1.29, 1.82) is 0 Å². The highest BCUT2D eigenvalue weighted by atomic mass is 35.5. The molecule has 0 aliphatic heterocycles. The van der Waals surface area contributed by atoms with E-state index >= 15 is 0 Å². The Hall–Kier alpha value is -2.55. The number of carbonyl (C=O) groups is 1. The highest BCUT2D eigenvalue weighted by Crippen LogP contribution is 2.24. The van der Waals surface area contributed by atoms with Gasteiger partial charge in [0.05, 0.1) is 32.3 Å². The third kappa shape index (κ3) is 4.14. The van der Waals surface area contributed by atoms with Gasteiger partial charge < -0.3 is 9.30 Å². The van der Waals surface area contributed by atoms with Gasteiger partial charge >= 0.3 is 0 Å². The topological polar surface area (TPSA) is 86.7 Å². The number of fused-ring (bicyclic) bond motifs is 1. The van der Waals surface area contributed by atoms with Gasteiger partial charge in [0.2, 0.25) is 0 Å². The van der Waals surface area contributed by atoms with Crippen LogP contribution in [0.4, 0.5) is 5.69 Å². The Morgan fingerprint density at radius 2 is 2.14 bits per heavy atom. The van der Waals surface area contributed by atoms with E-state index in [1.54, 1.807) is 0 Å². The normalized spacial score (nSPS) is 11.9. The molecule has 1 aromatic heterocycles. The molecule has 0 N–H and O–H groups in total. The van der Waals surface area contributed by atoms with Crippen LogP contribution >= 0.6 is 22.9 Å². The first-order chi connectivity index (χ1) is 13.4. The molecule has 0 aliphatic carbocycles. The number of thiazole rings is 1. The lowest BCUT2D eigenvalue weighted by atomic mass is 10.2. The van der Waals surface area contributed by atoms with Crippen molar-refractivity contribution >= 4 is 44.7 Å². The number of para-hydroxylation sites is 1. The van der Waals surface area contributed by atoms with Gasteiger partial charge in [0.1, 0.15) is 0 Å². The Morgan fingerprint density at radius 3 is 2.86 bits per heavy atom. The molecule has 0 atom stereocenters. The number of hydrogen-bond acceptors (Lipinski definition) is 5. The van der Waals surface area contributed by atoms with E-state index < -0.39 is 10.8 Å². The number of nitrogens with zero attached hydrogens (tertiary/aromatic N) is 3. The van der Waals surface area contributed by atoms with Crippen molar-refractivity contribution in [3.63, 3.8) is 0 Å². The molecule has 3 aromatic rings. The SMILES string of the molecule is CCOCCn1c(=NC(=O)c2cc([N+](=O)[O-])ccc2Cl)sc2cccc(C)c21. The van der Waals surface area contributed by atoms with Gasteiger partial charge in [0.25, 0.3) is 11.6 Å². The zero-order chi connectivity index (χ0) is 20.3. The Labute approximate surface area is 170 Å². The fraction of sp³-hybridized carbons (Fsp3) is 0.263. The lowest BCUT2D eigenvalue weighted by Gasteiger charge is -2.07. The van der Waals surface area contributed by atoms with Gasteiger partial charge in [0, 0.05) is 25.3 Å². The van der Waals surface area contributed by atoms with Crippen LogP contribution in [0.25, 0.3) is 10.2 Å². The summed E-state index contributed by atoms with van der Waals surface area (Å²) in [5.74, 6) is -0.622. The van der Waals surface area contributed by atoms with Gasteiger partial charge in [0.15, 0.2) is 4.80 Å². The Kier molecular flexibility index (Phi) is 6.23. The zero-order valence-corrected chi connectivity index (χ0v) is 16.9. The highest BCUT2D eigenvalue weighted by Gasteiger charge is 2.17. The van der Waals surface area contributed by atoms with Crippen LogP contribution in [0.5, 0.6) is 0 Å². The second-order valence-corrected chi connectivity index (χ2v) is 7.41. The Balaban J connectivity index is 2.12. The molecular weight excluding hydrogens is 402 g/mol. The Bertz CT molecular complexity index is 1120. The second-order valence-electron chi connectivity index (χ2n) is 5.99. The smallest absolute Gasteiger partial charge is 0.281 e. The number of nitro groups is 1. The molecule has 1 heterocycles. The van der Waals surface area contributed by atoms with E-state index in [0.29, 0.717) is 24.6 Å². The van der Waals surface area contributed by atoms with Gasteiger partial charge in [-0.15, -0.1) is 0 Å². The summed E-state index contributed by atoms with van der Waals surface area (Å²) in [5.41, 5.74) is 1.84. The summed E-state index contributed by atoms with van der Waals surface area (Å²) >= 11 is 7.46. The summed E-state index contributed by atoms with van der Waals surface area (Å²) in [6, 6.07) is 9.65. The number of amides is 1. The molecule has 0 saturated carbocycles. The predicted octanol–water partition coefficient (Wildman–Crippen LogP) is 4.35. The van der Waals surface area contributed by atoms with Crippen LogP contribution in [0.1, 0.15) is 22.8 Å². The molecular formula is C19H18ClN3O4S. The first-order valence-electron chi connectivity index (χ1n) is 8.62. The van der Waals surface area contributed by atoms with Crippen LogP contribution in [-0.4, -0.2) is 28.6 Å². The van der Waals surface area contributed by atoms with Gasteiger partial charge in [-0.3, -0.25) is 14.9 Å². The average Bonchev–Trinajstić information content (AvgIpc) is 3.00. The van der Waals surface area contributed by atoms with Crippen LogP contribution in [0.2, 0.25) is 5.02 Å². The van der Waals surface area contributed by atoms with E-state index in [0.717, 1.165) is 21.8 Å². The molecule has 28 heavy (non-hydrogen) atoms. The minimum Gasteiger partial charge on any atom is -0.380 e. The number of halogens is 1. The molecule has 1 amide bonds. The fourth-order valence-corrected chi connectivity index (χ4v) is 4.17. The van der Waals surface area contributed by atoms with E-state index in [2.05, 4.69) is 4.99 Å². The average molecular weight is 420 g/mol. The molecule has 146 valence electrons. The summed E-state index contributed by atoms with van der Waals surface area (Å²) in [4.78, 5) is 27.9. The number of hydrogen-bond donors (Lipinski definition) is 0. The standard InChI is InChI=1S/C19H18ClN3O4S/c1-3-27-10-9-22-17-12(2)5-4-6-16(17)28-19(22)21-18(24)14-11-13(23(25)26)7-8-15(14)20/h4-8,11H,3,9-10H2,1-2H3. The number of benzene rings is 2. The monoisotopic (exact) mass is 419 g/mol. The molecule has 3 rings (SSSR count). The number of nitro benzene ring substituents is 1. The third-order valence-electron chi connectivity index (χ3n) is 4.15. The maximum Gasteiger partial charge on any atom is 0.281 e. The van der Waals surface area contributed by atoms with E-state index in [4.69, 9.17) is 16.3 Å². The largest absolute Gasteiger partial charge is 0.380 e. The van der Waals surface area contributed by atoms with Crippen LogP contribution in [0, 0.1) is 17.0 Å². The molecule has 2 aromatic carbocycles. The lowest BCUT2D eigenvalue weighted by molar-refractivity contribution is -0.384. The quantitative estimate of drug-likeness (QED) is 0.337. The number of aromatic nitrogens is 1. The second kappa shape index (κ2) is 8.64. The van der Waals surface area contributed by atoms with E-state index in [1.807, 2.05) is 36.6 Å². The summed E-state index contributed by atoms with van der Waals surface area (Å²) in [7, 11) is 0. The van der Waals surface area contributed by atoms with Crippen molar-refractivity contribution < 1.29 is 14.5 Å². The lowest BCUT2D eigenvalue weighted by Crippen LogP contribution is -2.20. The van der Waals surface area contributed by atoms with E-state index in [9.17, 15) is 14.9 Å². The number of carbonyl (C=O) groups excluding carboxylic acids is 1. The van der Waals surface area contributed by atoms with Crippen LogP contribution < -0.4 is 4.80 Å². The van der Waals surface area contributed by atoms with Crippen LogP contribution in [-0.2, 0) is 11.3 Å². The third-order valence-corrected chi connectivity index (χ3v) is 5.53. The molecule has 0 fully saturated rings. The summed E-state index contributed by atoms with van der Waals surface area (Å²) < 4.78 is 8.39. The summed E-state index contributed by atoms with van der Waals surface area (Å²) in [6.07, 6.45) is 0. The van der Waals surface area contributed by atoms with Crippen molar-refractivity contribution in [3.8, 4) is 0 Å². The van der Waals surface area contributed by atoms with Crippen molar-refractivity contribution in [1.82, 2.24) is 4.57 Å². The number of aryl methyl sites for hydroxylation is 1. The fourth-order valence-electron chi connectivity index (χ4n) is 2.84. The van der Waals surface area contributed by atoms with Gasteiger partial charge in [-0.2, -0.15) is 4.99 Å². The number of ether oxygens (including phenoxy) is 1. The summed E-state index contributed by atoms with van der Waals surface area (Å²) in [6.45, 7) is 5.52. The minimum absolute atomic E-state index is 0.00130. The van der Waals surface area contributed by atoms with Gasteiger partial charge in [-0.05, 0) is 31.5 Å². The van der Waals surface area contributed by atoms with Crippen molar-refractivity contribution in [2.24, 2.45) is 4.99 Å². The highest BCUT2D eigenvalue weighted by molar-refractivity contribution is 7.16. The predicted molar refractivity (Wildman–Crippen MR) is 109 cm³/mol. The molecule has 0 unspecified atom stereocenters. The van der Waals surface area contributed by atoms with E-state index in [1.165, 1.54) is 23.5 Å². The molecule has 0 aliphatic rings. The van der Waals surface area contributed by atoms with Gasteiger partial charge in [-0.1, -0.05) is 35.1 Å². The molecule has 0 radical (unpaired) electrons. The number of rotatable bonds is 6. The molecule has 7 nitrogen and oxygen atoms in total. The molecule has 0 spiro atoms. The van der Waals surface area contributed by atoms with Gasteiger partial charge in [-0.25, -0.2) is 0 Å². The molecule has 0 bridgehead atoms. The maximum absolute atomic E-state index is 12.7. The maximum atomic E-state index is 12.7. The number of non-ortho nitro benzene ring substituents is 1. The van der Waals surface area contributed by atoms with Crippen LogP contribution in [0.15, 0.2) is 41.4 Å². The molecule has 0 saturated heterocycles. The van der Waals surface area contributed by atoms with E-state index in [-0.39, 0.29) is 16.3 Å². The molecule has 9 heteroatoms. The van der Waals surface area contributed by atoms with Crippen molar-refractivity contribution in [2.45, 2.75) is 20.4 Å². The first-order valence-corrected chi connectivity index (χ1v) is 9.81. The Morgan fingerprint density at radius 1 is 1.36 bits per heavy atom.